The van der Waals surface area contributed by atoms with E-state index in [1.54, 1.807) is 6.92 Å². The molecule has 0 fully saturated rings. The fraction of sp³-hybridized carbons (Fsp3) is 0.700. The third-order valence-corrected chi connectivity index (χ3v) is 2.55. The van der Waals surface area contributed by atoms with Crippen LogP contribution in [0.3, 0.4) is 0 Å². The highest BCUT2D eigenvalue weighted by atomic mass is 16.1. The summed E-state index contributed by atoms with van der Waals surface area (Å²) >= 11 is 0. The van der Waals surface area contributed by atoms with E-state index in [-0.39, 0.29) is 11.3 Å². The van der Waals surface area contributed by atoms with E-state index in [0.29, 0.717) is 5.57 Å². The summed E-state index contributed by atoms with van der Waals surface area (Å²) in [4.78, 5) is 13.6. The maximum absolute atomic E-state index is 11.7. The first-order valence-corrected chi connectivity index (χ1v) is 4.24. The Bertz CT molecular complexity index is 196. The second kappa shape index (κ2) is 3.85. The summed E-state index contributed by atoms with van der Waals surface area (Å²) in [6.07, 6.45) is 0.811. The second-order valence-electron chi connectivity index (χ2n) is 3.63. The van der Waals surface area contributed by atoms with Gasteiger partial charge in [0.25, 0.3) is 0 Å². The van der Waals surface area contributed by atoms with Crippen LogP contribution in [0.5, 0.6) is 0 Å². The molecule has 0 aliphatic heterocycles. The van der Waals surface area contributed by atoms with Crippen LogP contribution in [0.1, 0.15) is 27.2 Å². The third-order valence-electron chi connectivity index (χ3n) is 2.55. The minimum absolute atomic E-state index is 0.134. The van der Waals surface area contributed by atoms with Gasteiger partial charge >= 0.3 is 0 Å². The molecule has 0 N–H and O–H groups in total. The maximum Gasteiger partial charge on any atom is 0.177 e. The van der Waals surface area contributed by atoms with Crippen LogP contribution in [-0.2, 0) is 4.79 Å². The molecular formula is C10H19NO. The van der Waals surface area contributed by atoms with Crippen molar-refractivity contribution < 1.29 is 4.79 Å². The van der Waals surface area contributed by atoms with Crippen LogP contribution in [0.2, 0.25) is 0 Å². The lowest BCUT2D eigenvalue weighted by atomic mass is 9.88. The first-order valence-electron chi connectivity index (χ1n) is 4.24. The summed E-state index contributed by atoms with van der Waals surface area (Å²) in [5.41, 5.74) is 0.249. The molecular weight excluding hydrogens is 150 g/mol. The number of carbonyl (C=O) groups excluding carboxylic acids is 1. The van der Waals surface area contributed by atoms with Crippen LogP contribution in [0.4, 0.5) is 0 Å². The second-order valence-corrected chi connectivity index (χ2v) is 3.63. The molecule has 0 amide bonds. The Morgan fingerprint density at radius 3 is 2.00 bits per heavy atom. The molecule has 1 atom stereocenters. The molecule has 0 radical (unpaired) electrons. The minimum atomic E-state index is -0.383. The Morgan fingerprint density at radius 2 is 1.92 bits per heavy atom. The summed E-state index contributed by atoms with van der Waals surface area (Å²) in [5, 5.41) is 0. The predicted molar refractivity (Wildman–Crippen MR) is 52.2 cm³/mol. The van der Waals surface area contributed by atoms with Crippen molar-refractivity contribution in [3.05, 3.63) is 12.2 Å². The zero-order valence-electron chi connectivity index (χ0n) is 8.77. The summed E-state index contributed by atoms with van der Waals surface area (Å²) < 4.78 is 0. The van der Waals surface area contributed by atoms with E-state index in [2.05, 4.69) is 6.58 Å². The van der Waals surface area contributed by atoms with Crippen LogP contribution >= 0.6 is 0 Å². The molecule has 0 aliphatic carbocycles. The number of nitrogens with zero attached hydrogens (tertiary/aromatic N) is 1. The average Bonchev–Trinajstić information content (AvgIpc) is 2.01. The van der Waals surface area contributed by atoms with Gasteiger partial charge in [-0.15, -0.1) is 0 Å². The quantitative estimate of drug-likeness (QED) is 0.599. The smallest absolute Gasteiger partial charge is 0.177 e. The van der Waals surface area contributed by atoms with Crippen molar-refractivity contribution in [1.82, 2.24) is 4.90 Å². The Hall–Kier alpha value is -0.630. The normalized spacial score (nSPS) is 15.8. The van der Waals surface area contributed by atoms with Gasteiger partial charge in [-0.05, 0) is 39.9 Å². The first-order chi connectivity index (χ1) is 5.36. The molecule has 70 valence electrons. The molecule has 0 aromatic heterocycles. The van der Waals surface area contributed by atoms with Gasteiger partial charge in [-0.1, -0.05) is 13.5 Å². The van der Waals surface area contributed by atoms with Crippen molar-refractivity contribution in [2.75, 3.05) is 14.1 Å². The zero-order chi connectivity index (χ0) is 9.94. The van der Waals surface area contributed by atoms with Crippen molar-refractivity contribution in [2.24, 2.45) is 0 Å². The number of hydrogen-bond donors (Lipinski definition) is 0. The fourth-order valence-corrected chi connectivity index (χ4v) is 1.14. The minimum Gasteiger partial charge on any atom is -0.297 e. The molecule has 0 aromatic carbocycles. The Kier molecular flexibility index (Phi) is 3.65. The van der Waals surface area contributed by atoms with Crippen molar-refractivity contribution in [2.45, 2.75) is 32.7 Å². The van der Waals surface area contributed by atoms with Gasteiger partial charge in [0.15, 0.2) is 5.78 Å². The van der Waals surface area contributed by atoms with Gasteiger partial charge < -0.3 is 0 Å². The molecule has 1 unspecified atom stereocenters. The van der Waals surface area contributed by atoms with Gasteiger partial charge in [0.1, 0.15) is 0 Å². The van der Waals surface area contributed by atoms with E-state index in [0.717, 1.165) is 6.42 Å². The number of ketones is 1. The highest BCUT2D eigenvalue weighted by molar-refractivity contribution is 6.01. The third kappa shape index (κ3) is 1.95. The Morgan fingerprint density at radius 1 is 1.50 bits per heavy atom. The maximum atomic E-state index is 11.7. The molecule has 0 spiro atoms. The molecule has 0 rings (SSSR count). The van der Waals surface area contributed by atoms with Gasteiger partial charge in [0.05, 0.1) is 5.54 Å². The lowest BCUT2D eigenvalue weighted by Crippen LogP contribution is -2.48. The van der Waals surface area contributed by atoms with E-state index in [1.165, 1.54) is 0 Å². The number of likely N-dealkylation sites (N-methyl/N-ethyl adjacent to an activating group) is 1. The van der Waals surface area contributed by atoms with Crippen LogP contribution in [0, 0.1) is 0 Å². The van der Waals surface area contributed by atoms with Crippen LogP contribution in [0.15, 0.2) is 12.2 Å². The van der Waals surface area contributed by atoms with Crippen LogP contribution < -0.4 is 0 Å². The lowest BCUT2D eigenvalue weighted by molar-refractivity contribution is -0.125. The van der Waals surface area contributed by atoms with E-state index in [4.69, 9.17) is 0 Å². The molecule has 0 aliphatic rings. The van der Waals surface area contributed by atoms with E-state index < -0.39 is 0 Å². The van der Waals surface area contributed by atoms with Gasteiger partial charge in [0.2, 0.25) is 0 Å². The highest BCUT2D eigenvalue weighted by Crippen LogP contribution is 2.20. The fourth-order valence-electron chi connectivity index (χ4n) is 1.14. The first kappa shape index (κ1) is 11.4. The standard InChI is InChI=1S/C10H19NO/c1-7-10(4,11(5)6)9(12)8(2)3/h2,7H2,1,3-6H3. The van der Waals surface area contributed by atoms with Gasteiger partial charge in [-0.3, -0.25) is 9.69 Å². The predicted octanol–water partition coefficient (Wildman–Crippen LogP) is 1.86. The molecule has 2 nitrogen and oxygen atoms in total. The SMILES string of the molecule is C=C(C)C(=O)C(C)(CC)N(C)C. The Balaban J connectivity index is 4.76. The molecule has 2 heteroatoms. The van der Waals surface area contributed by atoms with E-state index in [9.17, 15) is 4.79 Å². The van der Waals surface area contributed by atoms with E-state index >= 15 is 0 Å². The lowest BCUT2D eigenvalue weighted by Gasteiger charge is -2.34. The van der Waals surface area contributed by atoms with Crippen molar-refractivity contribution in [3.8, 4) is 0 Å². The number of rotatable bonds is 4. The molecule has 0 aromatic rings. The van der Waals surface area contributed by atoms with Crippen molar-refractivity contribution >= 4 is 5.78 Å². The van der Waals surface area contributed by atoms with Crippen molar-refractivity contribution in [1.29, 1.82) is 0 Å². The summed E-state index contributed by atoms with van der Waals surface area (Å²) in [6.45, 7) is 9.40. The van der Waals surface area contributed by atoms with Gasteiger partial charge in [-0.2, -0.15) is 0 Å². The summed E-state index contributed by atoms with van der Waals surface area (Å²) in [7, 11) is 3.84. The van der Waals surface area contributed by atoms with E-state index in [1.807, 2.05) is 32.8 Å². The molecule has 0 saturated heterocycles. The van der Waals surface area contributed by atoms with Gasteiger partial charge in [-0.25, -0.2) is 0 Å². The monoisotopic (exact) mass is 169 g/mol. The largest absolute Gasteiger partial charge is 0.297 e. The zero-order valence-corrected chi connectivity index (χ0v) is 8.77. The van der Waals surface area contributed by atoms with Gasteiger partial charge in [0, 0.05) is 0 Å². The molecule has 0 heterocycles. The topological polar surface area (TPSA) is 20.3 Å². The number of hydrogen-bond acceptors (Lipinski definition) is 2. The summed E-state index contributed by atoms with van der Waals surface area (Å²) in [6, 6.07) is 0. The summed E-state index contributed by atoms with van der Waals surface area (Å²) in [5.74, 6) is 0.134. The molecule has 12 heavy (non-hydrogen) atoms. The molecule has 0 saturated carbocycles. The molecule has 0 bridgehead atoms. The Labute approximate surface area is 75.3 Å². The van der Waals surface area contributed by atoms with Crippen LogP contribution in [0.25, 0.3) is 0 Å². The highest BCUT2D eigenvalue weighted by Gasteiger charge is 2.33. The number of Topliss-reactive ketones (excluding diaryl/α,β-unsaturated/α-hetero) is 1. The number of carbonyl (C=O) groups is 1. The average molecular weight is 169 g/mol. The van der Waals surface area contributed by atoms with Crippen LogP contribution in [-0.4, -0.2) is 30.3 Å². The van der Waals surface area contributed by atoms with Crippen molar-refractivity contribution in [3.63, 3.8) is 0 Å².